The summed E-state index contributed by atoms with van der Waals surface area (Å²) in [4.78, 5) is 12.1. The molecular formula is C28H52Br4N2O2. The zero-order valence-electron chi connectivity index (χ0n) is 23.9. The summed E-state index contributed by atoms with van der Waals surface area (Å²) in [6.45, 7) is 22.4. The van der Waals surface area contributed by atoms with Crippen LogP contribution in [0, 0.1) is 13.8 Å². The second-order valence-electron chi connectivity index (χ2n) is 10.3. The Morgan fingerprint density at radius 1 is 0.806 bits per heavy atom. The summed E-state index contributed by atoms with van der Waals surface area (Å²) in [5, 5.41) is 0. The van der Waals surface area contributed by atoms with Gasteiger partial charge in [0.1, 0.15) is 5.75 Å². The van der Waals surface area contributed by atoms with Gasteiger partial charge in [0.05, 0.1) is 41.9 Å². The summed E-state index contributed by atoms with van der Waals surface area (Å²) < 4.78 is 7.79. The third-order valence-electron chi connectivity index (χ3n) is 7.07. The van der Waals surface area contributed by atoms with Crippen molar-refractivity contribution in [3.05, 3.63) is 21.2 Å². The molecule has 0 bridgehead atoms. The number of hydrogen-bond acceptors (Lipinski definition) is 3. The molecule has 0 saturated carbocycles. The second-order valence-corrected chi connectivity index (χ2v) is 11.1. The van der Waals surface area contributed by atoms with Crippen LogP contribution >= 0.6 is 49.9 Å². The van der Waals surface area contributed by atoms with Gasteiger partial charge in [-0.05, 0) is 80.4 Å². The number of unbranched alkanes of at least 4 members (excludes halogenated alkanes) is 4. The number of benzene rings is 1. The number of ketones is 1. The van der Waals surface area contributed by atoms with Crippen molar-refractivity contribution >= 4 is 61.4 Å². The average molecular weight is 768 g/mol. The summed E-state index contributed by atoms with van der Waals surface area (Å²) in [7, 11) is 0. The maximum absolute atomic E-state index is 12.1. The molecule has 0 radical (unpaired) electrons. The van der Waals surface area contributed by atoms with Gasteiger partial charge in [-0.2, -0.15) is 0 Å². The molecule has 0 amide bonds. The first-order chi connectivity index (χ1) is 15.5. The predicted octanol–water partition coefficient (Wildman–Crippen LogP) is 6.17. The summed E-state index contributed by atoms with van der Waals surface area (Å²) in [5.74, 6) is 0.637. The smallest absolute Gasteiger partial charge is 0.210 e. The Hall–Kier alpha value is 0.370. The van der Waals surface area contributed by atoms with Gasteiger partial charge in [0, 0.05) is 0 Å². The topological polar surface area (TPSA) is 52.3 Å². The number of rotatable bonds is 12. The van der Waals surface area contributed by atoms with Crippen molar-refractivity contribution in [1.29, 1.82) is 0 Å². The molecule has 0 aliphatic carbocycles. The van der Waals surface area contributed by atoms with Crippen LogP contribution in [0.3, 0.4) is 0 Å². The molecule has 1 aliphatic rings. The van der Waals surface area contributed by atoms with Gasteiger partial charge in [0.15, 0.2) is 5.60 Å². The van der Waals surface area contributed by atoms with Gasteiger partial charge in [0.25, 0.3) is 0 Å². The molecule has 8 heteroatoms. The highest BCUT2D eigenvalue weighted by Gasteiger charge is 2.43. The fourth-order valence-corrected chi connectivity index (χ4v) is 5.19. The highest BCUT2D eigenvalue weighted by atomic mass is 79.9. The van der Waals surface area contributed by atoms with Crippen molar-refractivity contribution in [3.63, 3.8) is 0 Å². The molecule has 214 valence electrons. The van der Waals surface area contributed by atoms with Gasteiger partial charge in [-0.1, -0.05) is 53.4 Å². The lowest BCUT2D eigenvalue weighted by Crippen LogP contribution is -3.00. The maximum atomic E-state index is 12.1. The maximum Gasteiger partial charge on any atom is 0.210 e. The lowest BCUT2D eigenvalue weighted by molar-refractivity contribution is -0.929. The number of fused-ring (bicyclic) bond motifs is 1. The van der Waals surface area contributed by atoms with Crippen LogP contribution in [0.2, 0.25) is 0 Å². The number of anilines is 1. The predicted molar refractivity (Wildman–Crippen MR) is 167 cm³/mol. The standard InChI is InChI=1S/C16H36N.C12H14BrNO2.3BrH/c1-5-9-13-17(14-10-6-2,15-11-7-3)16-12-8-4;1-5-6(2)10-7(8(13)9(5)14)11(15)12(3,4)16-10;;;/h5-16H2,1-4H3;14H2,1-4H3;3*1H/q+1;;;;/p-1. The summed E-state index contributed by atoms with van der Waals surface area (Å²) in [6.07, 6.45) is 11.1. The molecular weight excluding hydrogens is 716 g/mol. The zero-order chi connectivity index (χ0) is 25.2. The van der Waals surface area contributed by atoms with E-state index in [-0.39, 0.29) is 56.7 Å². The molecule has 1 aromatic rings. The second kappa shape index (κ2) is 19.4. The third-order valence-corrected chi connectivity index (χ3v) is 7.89. The van der Waals surface area contributed by atoms with Crippen LogP contribution in [0.25, 0.3) is 0 Å². The van der Waals surface area contributed by atoms with Gasteiger partial charge in [-0.3, -0.25) is 4.79 Å². The van der Waals surface area contributed by atoms with Crippen LogP contribution in [-0.4, -0.2) is 42.0 Å². The molecule has 0 atom stereocenters. The highest BCUT2D eigenvalue weighted by molar-refractivity contribution is 9.10. The van der Waals surface area contributed by atoms with Crippen molar-refractivity contribution in [3.8, 4) is 5.75 Å². The van der Waals surface area contributed by atoms with Crippen molar-refractivity contribution in [2.75, 3.05) is 31.9 Å². The lowest BCUT2D eigenvalue weighted by atomic mass is 9.96. The minimum absolute atomic E-state index is 0. The molecule has 4 nitrogen and oxygen atoms in total. The number of ether oxygens (including phenoxy) is 1. The molecule has 0 fully saturated rings. The van der Waals surface area contributed by atoms with Gasteiger partial charge in [-0.25, -0.2) is 0 Å². The molecule has 36 heavy (non-hydrogen) atoms. The first-order valence-corrected chi connectivity index (χ1v) is 14.0. The Labute approximate surface area is 261 Å². The minimum atomic E-state index is -0.796. The number of nitrogen functional groups attached to an aromatic ring is 1. The lowest BCUT2D eigenvalue weighted by Gasteiger charge is -2.39. The van der Waals surface area contributed by atoms with E-state index in [1.165, 1.54) is 82.0 Å². The number of quaternary nitrogens is 1. The Morgan fingerprint density at radius 3 is 1.50 bits per heavy atom. The zero-order valence-corrected chi connectivity index (χ0v) is 30.5. The van der Waals surface area contributed by atoms with E-state index in [0.717, 1.165) is 11.1 Å². The van der Waals surface area contributed by atoms with Gasteiger partial charge in [0.2, 0.25) is 5.78 Å². The number of nitrogens with two attached hydrogens (primary N) is 1. The van der Waals surface area contributed by atoms with Gasteiger partial charge in [-0.15, -0.1) is 34.0 Å². The number of hydrogen-bond donors (Lipinski definition) is 1. The van der Waals surface area contributed by atoms with Crippen LogP contribution in [-0.2, 0) is 0 Å². The van der Waals surface area contributed by atoms with Crippen LogP contribution in [0.15, 0.2) is 4.47 Å². The van der Waals surface area contributed by atoms with E-state index in [1.54, 1.807) is 13.8 Å². The van der Waals surface area contributed by atoms with Crippen molar-refractivity contribution in [2.24, 2.45) is 0 Å². The van der Waals surface area contributed by atoms with E-state index in [1.807, 2.05) is 13.8 Å². The minimum Gasteiger partial charge on any atom is -1.00 e. The van der Waals surface area contributed by atoms with Crippen LogP contribution in [0.1, 0.15) is 114 Å². The Balaban J connectivity index is -0.000000558. The Morgan fingerprint density at radius 2 is 1.17 bits per heavy atom. The quantitative estimate of drug-likeness (QED) is 0.205. The molecule has 1 aromatic carbocycles. The van der Waals surface area contributed by atoms with Crippen LogP contribution in [0.5, 0.6) is 5.75 Å². The van der Waals surface area contributed by atoms with E-state index in [4.69, 9.17) is 10.5 Å². The number of halogens is 4. The molecule has 1 aliphatic heterocycles. The van der Waals surface area contributed by atoms with E-state index < -0.39 is 5.60 Å². The molecule has 0 spiro atoms. The molecule has 0 aromatic heterocycles. The summed E-state index contributed by atoms with van der Waals surface area (Å²) in [5.41, 5.74) is 8.24. The van der Waals surface area contributed by atoms with Crippen molar-refractivity contribution in [1.82, 2.24) is 0 Å². The van der Waals surface area contributed by atoms with Gasteiger partial charge >= 0.3 is 0 Å². The average Bonchev–Trinajstić information content (AvgIpc) is 3.04. The summed E-state index contributed by atoms with van der Waals surface area (Å²) >= 11 is 3.38. The number of nitrogens with zero attached hydrogens (tertiary/aromatic N) is 1. The number of Topliss-reactive ketones (excluding diaryl/α,β-unsaturated/α-hetero) is 1. The fraction of sp³-hybridized carbons (Fsp3) is 0.750. The van der Waals surface area contributed by atoms with E-state index in [0.29, 0.717) is 21.5 Å². The third kappa shape index (κ3) is 10.9. The molecule has 0 saturated heterocycles. The number of carbonyl (C=O) groups is 1. The van der Waals surface area contributed by atoms with Crippen molar-refractivity contribution in [2.45, 2.75) is 112 Å². The SMILES string of the molecule is Br.Br.CCCC[N+](CCCC)(CCCC)CCCC.Cc1c(C)c2c(c(Br)c1N)C(=O)C(C)(C)O2.[Br-]. The first-order valence-electron chi connectivity index (χ1n) is 13.2. The first kappa shape index (κ1) is 40.9. The largest absolute Gasteiger partial charge is 1.00 e. The highest BCUT2D eigenvalue weighted by Crippen LogP contribution is 2.45. The fourth-order valence-electron chi connectivity index (χ4n) is 4.54. The molecule has 0 unspecified atom stereocenters. The van der Waals surface area contributed by atoms with E-state index >= 15 is 0 Å². The normalized spacial score (nSPS) is 13.3. The number of carbonyl (C=O) groups excluding carboxylic acids is 1. The van der Waals surface area contributed by atoms with Crippen LogP contribution in [0.4, 0.5) is 5.69 Å². The van der Waals surface area contributed by atoms with E-state index in [9.17, 15) is 4.79 Å². The Bertz CT molecular complexity index is 748. The van der Waals surface area contributed by atoms with Crippen LogP contribution < -0.4 is 27.5 Å². The van der Waals surface area contributed by atoms with E-state index in [2.05, 4.69) is 43.6 Å². The molecule has 2 N–H and O–H groups in total. The molecule has 2 rings (SSSR count). The van der Waals surface area contributed by atoms with Gasteiger partial charge < -0.3 is 31.9 Å². The monoisotopic (exact) mass is 764 g/mol. The molecule has 1 heterocycles. The van der Waals surface area contributed by atoms with Crippen molar-refractivity contribution < 1.29 is 31.0 Å². The Kier molecular flexibility index (Phi) is 22.1. The summed E-state index contributed by atoms with van der Waals surface area (Å²) in [6, 6.07) is 0.